The minimum absolute atomic E-state index is 0.0792. The first-order chi connectivity index (χ1) is 9.95. The summed E-state index contributed by atoms with van der Waals surface area (Å²) in [6.45, 7) is 3.31. The molecule has 118 valence electrons. The lowest BCUT2D eigenvalue weighted by Crippen LogP contribution is -2.48. The second-order valence-corrected chi connectivity index (χ2v) is 4.93. The van der Waals surface area contributed by atoms with Crippen molar-refractivity contribution in [1.29, 1.82) is 0 Å². The molecule has 0 aromatic carbocycles. The Bertz CT molecular complexity index is 473. The van der Waals surface area contributed by atoms with E-state index in [1.54, 1.807) is 0 Å². The number of piperazine rings is 1. The Labute approximate surface area is 121 Å². The van der Waals surface area contributed by atoms with Crippen molar-refractivity contribution >= 4 is 5.82 Å². The van der Waals surface area contributed by atoms with Gasteiger partial charge in [0.1, 0.15) is 11.5 Å². The first-order valence-corrected chi connectivity index (χ1v) is 6.81. The van der Waals surface area contributed by atoms with Crippen LogP contribution < -0.4 is 10.6 Å². The van der Waals surface area contributed by atoms with Crippen LogP contribution in [0, 0.1) is 0 Å². The highest BCUT2D eigenvalue weighted by Gasteiger charge is 2.33. The summed E-state index contributed by atoms with van der Waals surface area (Å²) in [5.41, 5.74) is 5.31. The molecule has 1 saturated heterocycles. The Hall–Kier alpha value is -1.38. The van der Waals surface area contributed by atoms with Crippen LogP contribution in [0.15, 0.2) is 12.1 Å². The third-order valence-corrected chi connectivity index (χ3v) is 3.55. The van der Waals surface area contributed by atoms with E-state index in [-0.39, 0.29) is 13.2 Å². The topological polar surface area (TPSA) is 65.6 Å². The van der Waals surface area contributed by atoms with Crippen LogP contribution in [0.5, 0.6) is 0 Å². The first-order valence-electron chi connectivity index (χ1n) is 6.81. The van der Waals surface area contributed by atoms with E-state index in [1.807, 2.05) is 4.90 Å². The number of rotatable bonds is 4. The fraction of sp³-hybridized carbons (Fsp3) is 0.615. The molecule has 0 bridgehead atoms. The van der Waals surface area contributed by atoms with Crippen molar-refractivity contribution in [1.82, 2.24) is 9.88 Å². The van der Waals surface area contributed by atoms with Crippen molar-refractivity contribution in [3.8, 4) is 0 Å². The van der Waals surface area contributed by atoms with E-state index in [4.69, 9.17) is 10.8 Å². The fourth-order valence-corrected chi connectivity index (χ4v) is 2.39. The summed E-state index contributed by atoms with van der Waals surface area (Å²) in [6, 6.07) is 2.36. The molecule has 1 fully saturated rings. The van der Waals surface area contributed by atoms with Gasteiger partial charge >= 0.3 is 6.18 Å². The van der Waals surface area contributed by atoms with Crippen LogP contribution in [-0.4, -0.2) is 54.3 Å². The smallest absolute Gasteiger partial charge is 0.395 e. The maximum atomic E-state index is 12.8. The number of alkyl halides is 3. The molecule has 21 heavy (non-hydrogen) atoms. The SMILES string of the molecule is NCc1ccc(C(F)(F)F)nc1N1CCN(CCO)CC1. The second kappa shape index (κ2) is 6.59. The molecule has 0 radical (unpaired) electrons. The van der Waals surface area contributed by atoms with Crippen LogP contribution in [0.3, 0.4) is 0 Å². The van der Waals surface area contributed by atoms with Crippen molar-refractivity contribution in [2.75, 3.05) is 44.2 Å². The predicted molar refractivity (Wildman–Crippen MR) is 72.9 cm³/mol. The van der Waals surface area contributed by atoms with Gasteiger partial charge in [0.25, 0.3) is 0 Å². The largest absolute Gasteiger partial charge is 0.433 e. The highest BCUT2D eigenvalue weighted by molar-refractivity contribution is 5.48. The Morgan fingerprint density at radius 2 is 1.86 bits per heavy atom. The Morgan fingerprint density at radius 1 is 1.19 bits per heavy atom. The average molecular weight is 304 g/mol. The molecule has 0 atom stereocenters. The number of aliphatic hydroxyl groups is 1. The summed E-state index contributed by atoms with van der Waals surface area (Å²) in [6.07, 6.45) is -4.46. The second-order valence-electron chi connectivity index (χ2n) is 4.93. The van der Waals surface area contributed by atoms with E-state index in [9.17, 15) is 13.2 Å². The molecule has 3 N–H and O–H groups in total. The zero-order valence-corrected chi connectivity index (χ0v) is 11.6. The van der Waals surface area contributed by atoms with E-state index in [2.05, 4.69) is 9.88 Å². The van der Waals surface area contributed by atoms with Crippen LogP contribution in [0.25, 0.3) is 0 Å². The van der Waals surface area contributed by atoms with Crippen molar-refractivity contribution < 1.29 is 18.3 Å². The molecule has 2 rings (SSSR count). The quantitative estimate of drug-likeness (QED) is 0.856. The van der Waals surface area contributed by atoms with Crippen LogP contribution >= 0.6 is 0 Å². The highest BCUT2D eigenvalue weighted by atomic mass is 19.4. The van der Waals surface area contributed by atoms with Crippen LogP contribution in [-0.2, 0) is 12.7 Å². The third kappa shape index (κ3) is 3.84. The lowest BCUT2D eigenvalue weighted by molar-refractivity contribution is -0.141. The molecule has 1 aliphatic heterocycles. The summed E-state index contributed by atoms with van der Waals surface area (Å²) < 4.78 is 38.4. The molecule has 1 aromatic heterocycles. The Balaban J connectivity index is 2.18. The maximum Gasteiger partial charge on any atom is 0.433 e. The predicted octanol–water partition coefficient (Wildman–Crippen LogP) is 0.673. The Morgan fingerprint density at radius 3 is 2.38 bits per heavy atom. The zero-order valence-electron chi connectivity index (χ0n) is 11.6. The van der Waals surface area contributed by atoms with Crippen LogP contribution in [0.1, 0.15) is 11.3 Å². The van der Waals surface area contributed by atoms with Gasteiger partial charge in [-0.15, -0.1) is 0 Å². The lowest BCUT2D eigenvalue weighted by atomic mass is 10.2. The van der Waals surface area contributed by atoms with E-state index >= 15 is 0 Å². The molecule has 5 nitrogen and oxygen atoms in total. The molecule has 0 aliphatic carbocycles. The van der Waals surface area contributed by atoms with E-state index < -0.39 is 11.9 Å². The summed E-state index contributed by atoms with van der Waals surface area (Å²) in [4.78, 5) is 7.65. The van der Waals surface area contributed by atoms with Crippen LogP contribution in [0.4, 0.5) is 19.0 Å². The number of hydrogen-bond donors (Lipinski definition) is 2. The van der Waals surface area contributed by atoms with Gasteiger partial charge in [-0.1, -0.05) is 6.07 Å². The molecule has 0 amide bonds. The van der Waals surface area contributed by atoms with Gasteiger partial charge in [0.2, 0.25) is 0 Å². The van der Waals surface area contributed by atoms with Gasteiger partial charge in [0.05, 0.1) is 6.61 Å². The van der Waals surface area contributed by atoms with Gasteiger partial charge < -0.3 is 15.7 Å². The molecular formula is C13H19F3N4O. The average Bonchev–Trinajstić information content (AvgIpc) is 2.47. The molecule has 1 aliphatic rings. The molecule has 8 heteroatoms. The lowest BCUT2D eigenvalue weighted by Gasteiger charge is -2.36. The number of nitrogens with two attached hydrogens (primary N) is 1. The van der Waals surface area contributed by atoms with E-state index in [1.165, 1.54) is 6.07 Å². The zero-order chi connectivity index (χ0) is 15.5. The number of hydrogen-bond acceptors (Lipinski definition) is 5. The molecule has 0 saturated carbocycles. The van der Waals surface area contributed by atoms with Gasteiger partial charge in [-0.2, -0.15) is 13.2 Å². The summed E-state index contributed by atoms with van der Waals surface area (Å²) in [7, 11) is 0. The minimum Gasteiger partial charge on any atom is -0.395 e. The monoisotopic (exact) mass is 304 g/mol. The van der Waals surface area contributed by atoms with Crippen molar-refractivity contribution in [3.05, 3.63) is 23.4 Å². The third-order valence-electron chi connectivity index (χ3n) is 3.55. The maximum absolute atomic E-state index is 12.8. The normalized spacial score (nSPS) is 17.3. The molecule has 0 unspecified atom stereocenters. The van der Waals surface area contributed by atoms with Crippen LogP contribution in [0.2, 0.25) is 0 Å². The fourth-order valence-electron chi connectivity index (χ4n) is 2.39. The number of β-amino-alcohol motifs (C(OH)–C–C–N with tert-alkyl or cyclic N) is 1. The number of nitrogens with zero attached hydrogens (tertiary/aromatic N) is 3. The van der Waals surface area contributed by atoms with Gasteiger partial charge in [0.15, 0.2) is 0 Å². The standard InChI is InChI=1S/C13H19F3N4O/c14-13(15,16)11-2-1-10(9-17)12(18-11)20-5-3-19(4-6-20)7-8-21/h1-2,21H,3-9,17H2. The van der Waals surface area contributed by atoms with E-state index in [0.717, 1.165) is 6.07 Å². The molecule has 2 heterocycles. The highest BCUT2D eigenvalue weighted by Crippen LogP contribution is 2.30. The number of aromatic nitrogens is 1. The number of pyridine rings is 1. The van der Waals surface area contributed by atoms with Gasteiger partial charge in [0, 0.05) is 44.8 Å². The summed E-state index contributed by atoms with van der Waals surface area (Å²) in [5, 5.41) is 8.90. The van der Waals surface area contributed by atoms with E-state index in [0.29, 0.717) is 44.1 Å². The molecular weight excluding hydrogens is 285 g/mol. The van der Waals surface area contributed by atoms with Crippen molar-refractivity contribution in [3.63, 3.8) is 0 Å². The van der Waals surface area contributed by atoms with Gasteiger partial charge in [-0.3, -0.25) is 4.90 Å². The number of aliphatic hydroxyl groups excluding tert-OH is 1. The number of anilines is 1. The minimum atomic E-state index is -4.46. The Kier molecular flexibility index (Phi) is 5.02. The molecule has 0 spiro atoms. The molecule has 1 aromatic rings. The summed E-state index contributed by atoms with van der Waals surface area (Å²) in [5.74, 6) is 0.316. The van der Waals surface area contributed by atoms with Gasteiger partial charge in [-0.25, -0.2) is 4.98 Å². The number of halogens is 3. The summed E-state index contributed by atoms with van der Waals surface area (Å²) >= 11 is 0. The van der Waals surface area contributed by atoms with Gasteiger partial charge in [-0.05, 0) is 6.07 Å². The van der Waals surface area contributed by atoms with Crippen molar-refractivity contribution in [2.45, 2.75) is 12.7 Å². The van der Waals surface area contributed by atoms with Crippen molar-refractivity contribution in [2.24, 2.45) is 5.73 Å². The first kappa shape index (κ1) is 16.0.